The molecule has 1 aromatic carbocycles. The highest BCUT2D eigenvalue weighted by Gasteiger charge is 2.37. The van der Waals surface area contributed by atoms with Crippen LogP contribution in [0.25, 0.3) is 0 Å². The summed E-state index contributed by atoms with van der Waals surface area (Å²) in [5, 5.41) is 3.43. The van der Waals surface area contributed by atoms with Crippen LogP contribution >= 0.6 is 12.2 Å². The molecule has 7 nitrogen and oxygen atoms in total. The van der Waals surface area contributed by atoms with Gasteiger partial charge in [-0.3, -0.25) is 4.79 Å². The molecule has 0 fully saturated rings. The first-order chi connectivity index (χ1) is 11.6. The third-order valence-electron chi connectivity index (χ3n) is 3.88. The highest BCUT2D eigenvalue weighted by molar-refractivity contribution is 7.80. The molecule has 0 aliphatic carbocycles. The molecule has 128 valence electrons. The molecular formula is C16H18N2O5S. The summed E-state index contributed by atoms with van der Waals surface area (Å²) in [6.45, 7) is 2.50. The van der Waals surface area contributed by atoms with Crippen LogP contribution in [0.1, 0.15) is 18.5 Å². The minimum Gasteiger partial charge on any atom is -0.463 e. The average Bonchev–Trinajstić information content (AvgIpc) is 3.01. The van der Waals surface area contributed by atoms with Crippen LogP contribution in [0.4, 0.5) is 0 Å². The number of fused-ring (bicyclic) bond motifs is 1. The molecule has 8 heteroatoms. The lowest BCUT2D eigenvalue weighted by Crippen LogP contribution is -2.44. The van der Waals surface area contributed by atoms with Gasteiger partial charge in [-0.25, -0.2) is 4.99 Å². The first-order valence-electron chi connectivity index (χ1n) is 7.51. The van der Waals surface area contributed by atoms with E-state index in [0.29, 0.717) is 28.9 Å². The second-order valence-electron chi connectivity index (χ2n) is 5.43. The van der Waals surface area contributed by atoms with E-state index < -0.39 is 5.92 Å². The van der Waals surface area contributed by atoms with Crippen LogP contribution in [-0.2, 0) is 14.3 Å². The quantitative estimate of drug-likeness (QED) is 0.491. The lowest BCUT2D eigenvalue weighted by atomic mass is 9.88. The van der Waals surface area contributed by atoms with Crippen LogP contribution in [0, 0.1) is 5.92 Å². The van der Waals surface area contributed by atoms with Gasteiger partial charge in [0.1, 0.15) is 12.5 Å². The Bertz CT molecular complexity index is 691. The predicted octanol–water partition coefficient (Wildman–Crippen LogP) is 1.61. The first-order valence-corrected chi connectivity index (χ1v) is 7.92. The van der Waals surface area contributed by atoms with Crippen LogP contribution in [0.5, 0.6) is 11.5 Å². The van der Waals surface area contributed by atoms with Gasteiger partial charge in [0.2, 0.25) is 6.79 Å². The Kier molecular flexibility index (Phi) is 4.96. The highest BCUT2D eigenvalue weighted by atomic mass is 32.1. The van der Waals surface area contributed by atoms with Crippen molar-refractivity contribution in [1.82, 2.24) is 5.32 Å². The molecule has 24 heavy (non-hydrogen) atoms. The van der Waals surface area contributed by atoms with Crippen LogP contribution in [0.3, 0.4) is 0 Å². The van der Waals surface area contributed by atoms with Gasteiger partial charge in [-0.1, -0.05) is 6.07 Å². The van der Waals surface area contributed by atoms with Crippen LogP contribution in [0.15, 0.2) is 23.2 Å². The van der Waals surface area contributed by atoms with Gasteiger partial charge in [0.05, 0.1) is 12.6 Å². The van der Waals surface area contributed by atoms with Crippen molar-refractivity contribution < 1.29 is 23.7 Å². The molecule has 0 saturated carbocycles. The fraction of sp³-hybridized carbons (Fsp3) is 0.438. The number of benzene rings is 1. The van der Waals surface area contributed by atoms with E-state index in [0.717, 1.165) is 5.56 Å². The Hall–Kier alpha value is -2.19. The van der Waals surface area contributed by atoms with Gasteiger partial charge in [-0.2, -0.15) is 0 Å². The summed E-state index contributed by atoms with van der Waals surface area (Å²) >= 11 is 5.18. The monoisotopic (exact) mass is 350 g/mol. The number of nitrogens with zero attached hydrogens (tertiary/aromatic N) is 1. The number of esters is 1. The largest absolute Gasteiger partial charge is 0.463 e. The molecule has 0 bridgehead atoms. The van der Waals surface area contributed by atoms with Gasteiger partial charge >= 0.3 is 5.97 Å². The van der Waals surface area contributed by atoms with Crippen molar-refractivity contribution in [2.24, 2.45) is 10.9 Å². The average molecular weight is 350 g/mol. The van der Waals surface area contributed by atoms with Crippen molar-refractivity contribution in [3.63, 3.8) is 0 Å². The van der Waals surface area contributed by atoms with Crippen molar-refractivity contribution in [2.75, 3.05) is 27.1 Å². The van der Waals surface area contributed by atoms with Gasteiger partial charge in [0.25, 0.3) is 0 Å². The standard InChI is InChI=1S/C16H18N2O5S/c1-9-13(15(19)21-6-5-20-2)14(18-16(24)17-9)10-3-4-11-12(7-10)23-8-22-11/h3-4,7,13-14H,5-6,8H2,1-2H3,(H,18,24). The second-order valence-corrected chi connectivity index (χ2v) is 5.82. The predicted molar refractivity (Wildman–Crippen MR) is 90.5 cm³/mol. The van der Waals surface area contributed by atoms with E-state index in [9.17, 15) is 4.79 Å². The SMILES string of the molecule is COCCOC(=O)C1C(C)=NC(=S)NC1c1ccc2c(c1)OCO2. The summed E-state index contributed by atoms with van der Waals surface area (Å²) in [4.78, 5) is 16.7. The lowest BCUT2D eigenvalue weighted by molar-refractivity contribution is -0.148. The maximum Gasteiger partial charge on any atom is 0.317 e. The first kappa shape index (κ1) is 16.7. The number of hydrogen-bond acceptors (Lipinski definition) is 6. The van der Waals surface area contributed by atoms with Crippen molar-refractivity contribution in [2.45, 2.75) is 13.0 Å². The fourth-order valence-electron chi connectivity index (χ4n) is 2.72. The summed E-state index contributed by atoms with van der Waals surface area (Å²) in [7, 11) is 1.55. The molecule has 2 atom stereocenters. The minimum atomic E-state index is -0.575. The number of carbonyl (C=O) groups is 1. The third-order valence-corrected chi connectivity index (χ3v) is 4.09. The van der Waals surface area contributed by atoms with E-state index in [4.69, 9.17) is 31.2 Å². The van der Waals surface area contributed by atoms with Crippen molar-refractivity contribution in [3.05, 3.63) is 23.8 Å². The summed E-state index contributed by atoms with van der Waals surface area (Å²) in [5.41, 5.74) is 1.47. The van der Waals surface area contributed by atoms with Crippen LogP contribution < -0.4 is 14.8 Å². The number of nitrogens with one attached hydrogen (secondary N) is 1. The van der Waals surface area contributed by atoms with Gasteiger partial charge in [-0.05, 0) is 36.8 Å². The van der Waals surface area contributed by atoms with Crippen LogP contribution in [-0.4, -0.2) is 43.9 Å². The summed E-state index contributed by atoms with van der Waals surface area (Å²) in [6, 6.07) is 5.16. The Morgan fingerprint density at radius 1 is 1.38 bits per heavy atom. The fourth-order valence-corrected chi connectivity index (χ4v) is 2.99. The number of hydrogen-bond donors (Lipinski definition) is 1. The summed E-state index contributed by atoms with van der Waals surface area (Å²) < 4.78 is 20.9. The molecule has 2 unspecified atom stereocenters. The van der Waals surface area contributed by atoms with Gasteiger partial charge in [0.15, 0.2) is 16.6 Å². The van der Waals surface area contributed by atoms with Gasteiger partial charge < -0.3 is 24.3 Å². The molecule has 0 radical (unpaired) electrons. The van der Waals surface area contributed by atoms with Crippen molar-refractivity contribution in [3.8, 4) is 11.5 Å². The lowest BCUT2D eigenvalue weighted by Gasteiger charge is -2.31. The van der Waals surface area contributed by atoms with Gasteiger partial charge in [0, 0.05) is 12.8 Å². The maximum absolute atomic E-state index is 12.5. The topological polar surface area (TPSA) is 78.4 Å². The number of aliphatic imine (C=N–C) groups is 1. The zero-order valence-electron chi connectivity index (χ0n) is 13.4. The molecule has 2 aliphatic rings. The molecule has 0 spiro atoms. The van der Waals surface area contributed by atoms with E-state index >= 15 is 0 Å². The Balaban J connectivity index is 1.87. The number of methoxy groups -OCH3 is 1. The molecule has 0 saturated heterocycles. The molecule has 2 aliphatic heterocycles. The third kappa shape index (κ3) is 3.34. The zero-order chi connectivity index (χ0) is 17.1. The molecule has 0 amide bonds. The molecular weight excluding hydrogens is 332 g/mol. The van der Waals surface area contributed by atoms with Crippen LogP contribution in [0.2, 0.25) is 0 Å². The number of rotatable bonds is 5. The van der Waals surface area contributed by atoms with Crippen molar-refractivity contribution >= 4 is 29.0 Å². The second kappa shape index (κ2) is 7.14. The summed E-state index contributed by atoms with van der Waals surface area (Å²) in [6.07, 6.45) is 0. The maximum atomic E-state index is 12.5. The molecule has 1 N–H and O–H groups in total. The molecule has 2 heterocycles. The Morgan fingerprint density at radius 3 is 2.96 bits per heavy atom. The van der Waals surface area contributed by atoms with Crippen molar-refractivity contribution in [1.29, 1.82) is 0 Å². The highest BCUT2D eigenvalue weighted by Crippen LogP contribution is 2.37. The summed E-state index contributed by atoms with van der Waals surface area (Å²) in [5.74, 6) is 0.383. The smallest absolute Gasteiger partial charge is 0.317 e. The molecule has 1 aromatic rings. The minimum absolute atomic E-state index is 0.192. The Labute approximate surface area is 144 Å². The van der Waals surface area contributed by atoms with E-state index in [1.54, 1.807) is 14.0 Å². The van der Waals surface area contributed by atoms with E-state index in [2.05, 4.69) is 10.3 Å². The number of thiocarbonyl (C=S) groups is 1. The van der Waals surface area contributed by atoms with Gasteiger partial charge in [-0.15, -0.1) is 0 Å². The number of carbonyl (C=O) groups excluding carboxylic acids is 1. The Morgan fingerprint density at radius 2 is 2.17 bits per heavy atom. The normalized spacial score (nSPS) is 21.9. The number of ether oxygens (including phenoxy) is 4. The molecule has 0 aromatic heterocycles. The molecule has 3 rings (SSSR count). The van der Waals surface area contributed by atoms with E-state index in [-0.39, 0.29) is 25.4 Å². The van der Waals surface area contributed by atoms with E-state index in [1.807, 2.05) is 18.2 Å². The zero-order valence-corrected chi connectivity index (χ0v) is 14.2. The van der Waals surface area contributed by atoms with E-state index in [1.165, 1.54) is 0 Å².